The van der Waals surface area contributed by atoms with Crippen LogP contribution in [0.2, 0.25) is 0 Å². The van der Waals surface area contributed by atoms with Gasteiger partial charge >= 0.3 is 0 Å². The van der Waals surface area contributed by atoms with E-state index in [-0.39, 0.29) is 0 Å². The van der Waals surface area contributed by atoms with Crippen LogP contribution in [0.4, 0.5) is 0 Å². The van der Waals surface area contributed by atoms with E-state index in [1.807, 2.05) is 24.3 Å². The van der Waals surface area contributed by atoms with E-state index in [9.17, 15) is 0 Å². The highest BCUT2D eigenvalue weighted by Crippen LogP contribution is 2.50. The van der Waals surface area contributed by atoms with Gasteiger partial charge in [-0.15, -0.1) is 0 Å². The van der Waals surface area contributed by atoms with Gasteiger partial charge in [0.25, 0.3) is 0 Å². The van der Waals surface area contributed by atoms with Crippen LogP contribution >= 0.6 is 0 Å². The average molecular weight is 853 g/mol. The van der Waals surface area contributed by atoms with Crippen molar-refractivity contribution in [3.8, 4) is 44.5 Å². The van der Waals surface area contributed by atoms with E-state index in [1.54, 1.807) is 0 Å². The quantitative estimate of drug-likeness (QED) is 0.177. The molecule has 3 heteroatoms. The summed E-state index contributed by atoms with van der Waals surface area (Å²) in [7, 11) is 0. The van der Waals surface area contributed by atoms with Gasteiger partial charge < -0.3 is 13.3 Å². The van der Waals surface area contributed by atoms with Crippen LogP contribution in [0.15, 0.2) is 232 Å². The summed E-state index contributed by atoms with van der Waals surface area (Å²) in [5.41, 5.74) is 13.9. The molecule has 3 heterocycles. The molecule has 0 atom stereocenters. The van der Waals surface area contributed by atoms with Crippen molar-refractivity contribution in [2.75, 3.05) is 0 Å². The lowest BCUT2D eigenvalue weighted by atomic mass is 9.87. The molecule has 0 amide bonds. The molecule has 0 spiro atoms. The van der Waals surface area contributed by atoms with Crippen molar-refractivity contribution in [1.29, 1.82) is 0 Å². The molecule has 0 saturated carbocycles. The molecule has 0 unspecified atom stereocenters. The number of benzene rings is 12. The minimum absolute atomic E-state index is 0.827. The molecule has 15 rings (SSSR count). The third-order valence-corrected chi connectivity index (χ3v) is 14.3. The van der Waals surface area contributed by atoms with Gasteiger partial charge in [-0.25, -0.2) is 0 Å². The maximum absolute atomic E-state index is 7.89. The fourth-order valence-electron chi connectivity index (χ4n) is 11.2. The molecule has 3 aromatic heterocycles. The van der Waals surface area contributed by atoms with Crippen LogP contribution in [0, 0.1) is 0 Å². The van der Waals surface area contributed by atoms with Crippen LogP contribution < -0.4 is 0 Å². The Hall–Kier alpha value is -8.92. The zero-order chi connectivity index (χ0) is 43.7. The monoisotopic (exact) mass is 852 g/mol. The lowest BCUT2D eigenvalue weighted by Crippen LogP contribution is -1.89. The first-order valence-electron chi connectivity index (χ1n) is 22.9. The average Bonchev–Trinajstić information content (AvgIpc) is 3.91. The molecule has 12 aromatic carbocycles. The summed E-state index contributed by atoms with van der Waals surface area (Å²) in [5.74, 6) is 0. The normalized spacial score (nSPS) is 12.2. The summed E-state index contributed by atoms with van der Waals surface area (Å²) in [6.45, 7) is 0. The standard InChI is InChI=1S/C64H36O3/c1-3-17-41-37(13-1)15-9-21-43(41)53-35-51(39-29-31-59-55(33-39)45-19-5-7-27-57(45)65-59)63-61-47(23-11-25-49(53)61)48-24-12-26-50-54(44-22-10-16-38-14-2-4-18-42(38)44)36-52(64(67-63)62(48)50)40-30-32-60-56(34-40)46-20-6-8-28-58(46)66-60/h1-36H. The highest BCUT2D eigenvalue weighted by molar-refractivity contribution is 6.30. The molecule has 0 aliphatic heterocycles. The van der Waals surface area contributed by atoms with Crippen LogP contribution in [0.5, 0.6) is 0 Å². The lowest BCUT2D eigenvalue weighted by Gasteiger charge is -2.16. The second kappa shape index (κ2) is 13.8. The van der Waals surface area contributed by atoms with Crippen LogP contribution in [-0.4, -0.2) is 0 Å². The number of furan rings is 2. The van der Waals surface area contributed by atoms with Gasteiger partial charge in [0, 0.05) is 43.4 Å². The van der Waals surface area contributed by atoms with Crippen LogP contribution in [0.1, 0.15) is 0 Å². The highest BCUT2D eigenvalue weighted by atomic mass is 16.3. The Labute approximate surface area is 383 Å². The van der Waals surface area contributed by atoms with E-state index in [1.165, 1.54) is 32.7 Å². The van der Waals surface area contributed by atoms with Crippen molar-refractivity contribution in [3.05, 3.63) is 218 Å². The fourth-order valence-corrected chi connectivity index (χ4v) is 11.2. The van der Waals surface area contributed by atoms with Gasteiger partial charge in [0.15, 0.2) is 0 Å². The number of hydrogen-bond donors (Lipinski definition) is 0. The summed E-state index contributed by atoms with van der Waals surface area (Å²) in [6, 6.07) is 78.8. The van der Waals surface area contributed by atoms with E-state index in [4.69, 9.17) is 13.3 Å². The summed E-state index contributed by atoms with van der Waals surface area (Å²) in [5, 5.41) is 15.8. The van der Waals surface area contributed by atoms with E-state index in [0.29, 0.717) is 0 Å². The SMILES string of the molecule is c1ccc2c(-c3cc(-c4ccc5oc6ccccc6c5c4)c4oc5c(-c6ccc7oc8ccccc8c7c6)cc(-c6cccc7ccccc67)c6cccc(c7cccc3c47)c65)cccc2c1. The second-order valence-corrected chi connectivity index (χ2v) is 17.8. The van der Waals surface area contributed by atoms with Gasteiger partial charge in [0.1, 0.15) is 33.5 Å². The Morgan fingerprint density at radius 1 is 0.209 bits per heavy atom. The topological polar surface area (TPSA) is 39.4 Å². The molecule has 3 nitrogen and oxygen atoms in total. The van der Waals surface area contributed by atoms with Crippen molar-refractivity contribution in [1.82, 2.24) is 0 Å². The van der Waals surface area contributed by atoms with Crippen molar-refractivity contribution >= 4 is 109 Å². The maximum Gasteiger partial charge on any atom is 0.143 e. The molecule has 0 aliphatic carbocycles. The Kier molecular flexibility index (Phi) is 7.50. The molecule has 67 heavy (non-hydrogen) atoms. The smallest absolute Gasteiger partial charge is 0.143 e. The fraction of sp³-hybridized carbons (Fsp3) is 0. The largest absolute Gasteiger partial charge is 0.456 e. The number of hydrogen-bond acceptors (Lipinski definition) is 3. The Morgan fingerprint density at radius 2 is 0.582 bits per heavy atom. The van der Waals surface area contributed by atoms with Crippen LogP contribution in [-0.2, 0) is 0 Å². The molecule has 0 fully saturated rings. The van der Waals surface area contributed by atoms with E-state index in [2.05, 4.69) is 194 Å². The Balaban J connectivity index is 1.15. The van der Waals surface area contributed by atoms with E-state index < -0.39 is 0 Å². The van der Waals surface area contributed by atoms with Crippen molar-refractivity contribution in [2.45, 2.75) is 0 Å². The summed E-state index contributed by atoms with van der Waals surface area (Å²) >= 11 is 0. The molecule has 0 aliphatic rings. The van der Waals surface area contributed by atoms with Crippen molar-refractivity contribution in [2.24, 2.45) is 0 Å². The molecular formula is C64H36O3. The molecular weight excluding hydrogens is 817 g/mol. The molecule has 0 bridgehead atoms. The minimum Gasteiger partial charge on any atom is -0.456 e. The van der Waals surface area contributed by atoms with Gasteiger partial charge in [-0.05, 0) is 125 Å². The molecule has 0 radical (unpaired) electrons. The first-order valence-corrected chi connectivity index (χ1v) is 22.9. The van der Waals surface area contributed by atoms with Crippen molar-refractivity contribution < 1.29 is 13.3 Å². The predicted molar refractivity (Wildman–Crippen MR) is 280 cm³/mol. The zero-order valence-electron chi connectivity index (χ0n) is 36.0. The van der Waals surface area contributed by atoms with Gasteiger partial charge in [-0.2, -0.15) is 0 Å². The van der Waals surface area contributed by atoms with Crippen LogP contribution in [0.25, 0.3) is 153 Å². The minimum atomic E-state index is 0.827. The lowest BCUT2D eigenvalue weighted by molar-refractivity contribution is 0.665. The van der Waals surface area contributed by atoms with Crippen LogP contribution in [0.3, 0.4) is 0 Å². The number of rotatable bonds is 4. The molecule has 0 saturated heterocycles. The first kappa shape index (κ1) is 36.4. The predicted octanol–water partition coefficient (Wildman–Crippen LogP) is 18.7. The van der Waals surface area contributed by atoms with Gasteiger partial charge in [0.05, 0.1) is 0 Å². The number of para-hydroxylation sites is 2. The first-order chi connectivity index (χ1) is 33.2. The Bertz CT molecular complexity index is 4280. The summed E-state index contributed by atoms with van der Waals surface area (Å²) in [4.78, 5) is 0. The van der Waals surface area contributed by atoms with E-state index >= 15 is 0 Å². The third kappa shape index (κ3) is 5.28. The maximum atomic E-state index is 7.89. The van der Waals surface area contributed by atoms with Gasteiger partial charge in [-0.1, -0.05) is 170 Å². The summed E-state index contributed by atoms with van der Waals surface area (Å²) < 4.78 is 20.7. The second-order valence-electron chi connectivity index (χ2n) is 17.8. The third-order valence-electron chi connectivity index (χ3n) is 14.3. The van der Waals surface area contributed by atoms with Gasteiger partial charge in [-0.3, -0.25) is 0 Å². The van der Waals surface area contributed by atoms with E-state index in [0.717, 1.165) is 121 Å². The summed E-state index contributed by atoms with van der Waals surface area (Å²) in [6.07, 6.45) is 0. The van der Waals surface area contributed by atoms with Gasteiger partial charge in [0.2, 0.25) is 0 Å². The van der Waals surface area contributed by atoms with Crippen molar-refractivity contribution in [3.63, 3.8) is 0 Å². The zero-order valence-corrected chi connectivity index (χ0v) is 36.0. The Morgan fingerprint density at radius 3 is 1.07 bits per heavy atom. The molecule has 15 aromatic rings. The highest BCUT2D eigenvalue weighted by Gasteiger charge is 2.24. The molecule has 310 valence electrons. The number of fused-ring (bicyclic) bond motifs is 9. The molecule has 0 N–H and O–H groups in total.